The maximum atomic E-state index is 12.1. The topological polar surface area (TPSA) is 88.5 Å². The van der Waals surface area contributed by atoms with Crippen LogP contribution < -0.4 is 5.32 Å². The van der Waals surface area contributed by atoms with E-state index in [4.69, 9.17) is 8.94 Å². The standard InChI is InChI=1S/C16H22N2O4/c1-9-6-14(12(4)21-9)16(5,20)8-17-15(19)7-13-10(2)18-22-11(13)3/h6,20H,7-8H2,1-5H3,(H,17,19)/t16-/m1/s1. The van der Waals surface area contributed by atoms with E-state index in [1.165, 1.54) is 0 Å². The molecule has 0 spiro atoms. The zero-order valence-corrected chi connectivity index (χ0v) is 13.6. The van der Waals surface area contributed by atoms with Crippen LogP contribution >= 0.6 is 0 Å². The number of nitrogens with one attached hydrogen (secondary N) is 1. The Bertz CT molecular complexity index is 663. The Morgan fingerprint density at radius 3 is 2.50 bits per heavy atom. The molecule has 1 amide bonds. The van der Waals surface area contributed by atoms with Crippen molar-refractivity contribution in [3.8, 4) is 0 Å². The Morgan fingerprint density at radius 2 is 2.00 bits per heavy atom. The number of carbonyl (C=O) groups is 1. The summed E-state index contributed by atoms with van der Waals surface area (Å²) in [5.74, 6) is 1.84. The number of nitrogens with zero attached hydrogens (tertiary/aromatic N) is 1. The molecule has 0 bridgehead atoms. The highest BCUT2D eigenvalue weighted by Gasteiger charge is 2.28. The highest BCUT2D eigenvalue weighted by molar-refractivity contribution is 5.79. The van der Waals surface area contributed by atoms with Crippen molar-refractivity contribution < 1.29 is 18.8 Å². The molecular weight excluding hydrogens is 284 g/mol. The predicted octanol–water partition coefficient (Wildman–Crippen LogP) is 2.07. The van der Waals surface area contributed by atoms with Crippen LogP contribution in [-0.2, 0) is 16.8 Å². The Hall–Kier alpha value is -2.08. The SMILES string of the molecule is Cc1cc([C@](C)(O)CNC(=O)Cc2c(C)noc2C)c(C)o1. The van der Waals surface area contributed by atoms with Gasteiger partial charge in [-0.1, -0.05) is 5.16 Å². The van der Waals surface area contributed by atoms with E-state index < -0.39 is 5.60 Å². The molecule has 22 heavy (non-hydrogen) atoms. The van der Waals surface area contributed by atoms with Gasteiger partial charge in [-0.25, -0.2) is 0 Å². The van der Waals surface area contributed by atoms with Crippen LogP contribution in [0.25, 0.3) is 0 Å². The molecule has 2 aromatic heterocycles. The van der Waals surface area contributed by atoms with Crippen molar-refractivity contribution in [3.05, 3.63) is 40.2 Å². The smallest absolute Gasteiger partial charge is 0.224 e. The largest absolute Gasteiger partial charge is 0.466 e. The first-order chi connectivity index (χ1) is 10.2. The lowest BCUT2D eigenvalue weighted by Crippen LogP contribution is -2.39. The number of aliphatic hydroxyl groups is 1. The third kappa shape index (κ3) is 3.39. The second-order valence-electron chi connectivity index (χ2n) is 5.86. The van der Waals surface area contributed by atoms with Gasteiger partial charge in [0.1, 0.15) is 22.9 Å². The van der Waals surface area contributed by atoms with Crippen LogP contribution in [0, 0.1) is 27.7 Å². The van der Waals surface area contributed by atoms with Crippen molar-refractivity contribution in [2.75, 3.05) is 6.54 Å². The summed E-state index contributed by atoms with van der Waals surface area (Å²) in [7, 11) is 0. The fourth-order valence-corrected chi connectivity index (χ4v) is 2.51. The van der Waals surface area contributed by atoms with Gasteiger partial charge in [-0.3, -0.25) is 4.79 Å². The van der Waals surface area contributed by atoms with Crippen molar-refractivity contribution in [3.63, 3.8) is 0 Å². The predicted molar refractivity (Wildman–Crippen MR) is 80.4 cm³/mol. The maximum Gasteiger partial charge on any atom is 0.224 e. The molecule has 2 N–H and O–H groups in total. The molecule has 2 aromatic rings. The minimum atomic E-state index is -1.18. The molecule has 0 fully saturated rings. The second kappa shape index (κ2) is 5.96. The average molecular weight is 306 g/mol. The molecule has 0 saturated carbocycles. The molecule has 0 radical (unpaired) electrons. The molecule has 0 aliphatic carbocycles. The molecule has 0 aromatic carbocycles. The van der Waals surface area contributed by atoms with Gasteiger partial charge in [0.25, 0.3) is 0 Å². The summed E-state index contributed by atoms with van der Waals surface area (Å²) in [6.45, 7) is 8.95. The van der Waals surface area contributed by atoms with Crippen molar-refractivity contribution in [1.29, 1.82) is 0 Å². The summed E-state index contributed by atoms with van der Waals surface area (Å²) in [5, 5.41) is 17.1. The molecular formula is C16H22N2O4. The van der Waals surface area contributed by atoms with E-state index in [9.17, 15) is 9.90 Å². The van der Waals surface area contributed by atoms with Crippen molar-refractivity contribution in [2.45, 2.75) is 46.6 Å². The van der Waals surface area contributed by atoms with Crippen LogP contribution in [0.4, 0.5) is 0 Å². The van der Waals surface area contributed by atoms with Gasteiger partial charge in [0.15, 0.2) is 0 Å². The molecule has 0 aliphatic rings. The number of hydrogen-bond acceptors (Lipinski definition) is 5. The van der Waals surface area contributed by atoms with Crippen LogP contribution in [0.15, 0.2) is 15.0 Å². The van der Waals surface area contributed by atoms with E-state index in [0.29, 0.717) is 22.8 Å². The summed E-state index contributed by atoms with van der Waals surface area (Å²) in [6.07, 6.45) is 0.181. The molecule has 0 unspecified atom stereocenters. The van der Waals surface area contributed by atoms with Crippen LogP contribution in [0.5, 0.6) is 0 Å². The number of carbonyl (C=O) groups excluding carboxylic acids is 1. The van der Waals surface area contributed by atoms with Crippen molar-refractivity contribution >= 4 is 5.91 Å². The second-order valence-corrected chi connectivity index (χ2v) is 5.86. The monoisotopic (exact) mass is 306 g/mol. The summed E-state index contributed by atoms with van der Waals surface area (Å²) in [4.78, 5) is 12.1. The minimum Gasteiger partial charge on any atom is -0.466 e. The van der Waals surface area contributed by atoms with Gasteiger partial charge in [0, 0.05) is 11.1 Å². The lowest BCUT2D eigenvalue weighted by atomic mass is 9.96. The van der Waals surface area contributed by atoms with E-state index in [1.54, 1.807) is 33.8 Å². The van der Waals surface area contributed by atoms with E-state index in [-0.39, 0.29) is 18.9 Å². The van der Waals surface area contributed by atoms with Crippen LogP contribution in [0.2, 0.25) is 0 Å². The Labute approximate surface area is 129 Å². The number of aryl methyl sites for hydroxylation is 4. The number of hydrogen-bond donors (Lipinski definition) is 2. The highest BCUT2D eigenvalue weighted by atomic mass is 16.5. The van der Waals surface area contributed by atoms with Gasteiger partial charge < -0.3 is 19.4 Å². The first-order valence-corrected chi connectivity index (χ1v) is 7.19. The molecule has 120 valence electrons. The zero-order valence-electron chi connectivity index (χ0n) is 13.6. The Morgan fingerprint density at radius 1 is 1.32 bits per heavy atom. The van der Waals surface area contributed by atoms with Crippen LogP contribution in [0.1, 0.15) is 41.0 Å². The molecule has 2 heterocycles. The molecule has 6 heteroatoms. The molecule has 1 atom stereocenters. The summed E-state index contributed by atoms with van der Waals surface area (Å²) >= 11 is 0. The van der Waals surface area contributed by atoms with Gasteiger partial charge in [-0.05, 0) is 40.7 Å². The maximum absolute atomic E-state index is 12.1. The summed E-state index contributed by atoms with van der Waals surface area (Å²) in [5.41, 5.74) is 0.992. The summed E-state index contributed by atoms with van der Waals surface area (Å²) < 4.78 is 10.5. The molecule has 6 nitrogen and oxygen atoms in total. The first kappa shape index (κ1) is 16.3. The van der Waals surface area contributed by atoms with Gasteiger partial charge >= 0.3 is 0 Å². The first-order valence-electron chi connectivity index (χ1n) is 7.19. The Kier molecular flexibility index (Phi) is 4.42. The van der Waals surface area contributed by atoms with Gasteiger partial charge in [0.2, 0.25) is 5.91 Å². The van der Waals surface area contributed by atoms with Crippen LogP contribution in [0.3, 0.4) is 0 Å². The van der Waals surface area contributed by atoms with Crippen LogP contribution in [-0.4, -0.2) is 22.7 Å². The van der Waals surface area contributed by atoms with E-state index in [0.717, 1.165) is 11.3 Å². The molecule has 0 saturated heterocycles. The number of furan rings is 1. The highest BCUT2D eigenvalue weighted by Crippen LogP contribution is 2.26. The third-order valence-corrected chi connectivity index (χ3v) is 3.77. The van der Waals surface area contributed by atoms with Crippen molar-refractivity contribution in [1.82, 2.24) is 10.5 Å². The van der Waals surface area contributed by atoms with Gasteiger partial charge in [0.05, 0.1) is 18.7 Å². The number of rotatable bonds is 5. The quantitative estimate of drug-likeness (QED) is 0.882. The number of amides is 1. The normalized spacial score (nSPS) is 13.9. The molecule has 0 aliphatic heterocycles. The minimum absolute atomic E-state index is 0.106. The fourth-order valence-electron chi connectivity index (χ4n) is 2.51. The van der Waals surface area contributed by atoms with E-state index in [1.807, 2.05) is 6.92 Å². The average Bonchev–Trinajstić information content (AvgIpc) is 2.93. The van der Waals surface area contributed by atoms with E-state index >= 15 is 0 Å². The van der Waals surface area contributed by atoms with E-state index in [2.05, 4.69) is 10.5 Å². The lowest BCUT2D eigenvalue weighted by molar-refractivity contribution is -0.121. The lowest BCUT2D eigenvalue weighted by Gasteiger charge is -2.23. The fraction of sp³-hybridized carbons (Fsp3) is 0.500. The Balaban J connectivity index is 2.00. The van der Waals surface area contributed by atoms with Gasteiger partial charge in [-0.15, -0.1) is 0 Å². The third-order valence-electron chi connectivity index (χ3n) is 3.77. The molecule has 2 rings (SSSR count). The van der Waals surface area contributed by atoms with Crippen molar-refractivity contribution in [2.24, 2.45) is 0 Å². The zero-order chi connectivity index (χ0) is 16.5. The number of aromatic nitrogens is 1. The summed E-state index contributed by atoms with van der Waals surface area (Å²) in [6, 6.07) is 1.79. The van der Waals surface area contributed by atoms with Gasteiger partial charge in [-0.2, -0.15) is 0 Å².